The second kappa shape index (κ2) is 6.39. The number of anilines is 1. The number of imide groups is 1. The molecular weight excluding hydrogens is 415 g/mol. The van der Waals surface area contributed by atoms with Crippen LogP contribution in [0.4, 0.5) is 10.5 Å². The van der Waals surface area contributed by atoms with E-state index >= 15 is 0 Å². The molecule has 1 atom stereocenters. The Hall–Kier alpha value is -1.56. The highest BCUT2D eigenvalue weighted by molar-refractivity contribution is 9.10. The van der Waals surface area contributed by atoms with Crippen LogP contribution in [-0.2, 0) is 11.2 Å². The number of nitrogens with zero attached hydrogens (tertiary/aromatic N) is 1. The molecule has 4 nitrogen and oxygen atoms in total. The molecule has 124 valence electrons. The number of hydrogen-bond donors (Lipinski definition) is 1. The van der Waals surface area contributed by atoms with Crippen molar-refractivity contribution in [2.24, 2.45) is 0 Å². The lowest BCUT2D eigenvalue weighted by molar-refractivity contribution is -0.121. The first-order valence-electron chi connectivity index (χ1n) is 7.16. The van der Waals surface area contributed by atoms with Crippen LogP contribution < -0.4 is 10.2 Å². The van der Waals surface area contributed by atoms with Crippen LogP contribution in [0, 0.1) is 0 Å². The Labute approximate surface area is 157 Å². The molecule has 2 aromatic rings. The van der Waals surface area contributed by atoms with Crippen LogP contribution in [0.3, 0.4) is 0 Å². The molecule has 0 aliphatic carbocycles. The summed E-state index contributed by atoms with van der Waals surface area (Å²) in [5.74, 6) is -0.342. The molecule has 2 aromatic carbocycles. The van der Waals surface area contributed by atoms with Gasteiger partial charge in [0.05, 0.1) is 5.69 Å². The van der Waals surface area contributed by atoms with E-state index in [1.807, 2.05) is 24.3 Å². The fraction of sp³-hybridized carbons (Fsp3) is 0.176. The lowest BCUT2D eigenvalue weighted by Gasteiger charge is -2.22. The molecule has 0 radical (unpaired) electrons. The maximum atomic E-state index is 12.9. The largest absolute Gasteiger partial charge is 0.329 e. The number of carbonyl (C=O) groups excluding carboxylic acids is 2. The molecule has 24 heavy (non-hydrogen) atoms. The maximum absolute atomic E-state index is 12.9. The molecule has 0 unspecified atom stereocenters. The van der Waals surface area contributed by atoms with Gasteiger partial charge in [-0.3, -0.25) is 4.79 Å². The van der Waals surface area contributed by atoms with Gasteiger partial charge in [-0.15, -0.1) is 0 Å². The van der Waals surface area contributed by atoms with Gasteiger partial charge in [-0.05, 0) is 42.8 Å². The number of rotatable bonds is 3. The zero-order valence-electron chi connectivity index (χ0n) is 12.6. The molecular formula is C17H13BrCl2N2O2. The van der Waals surface area contributed by atoms with Gasteiger partial charge in [0, 0.05) is 20.9 Å². The predicted octanol–water partition coefficient (Wildman–Crippen LogP) is 4.81. The third-order valence-electron chi connectivity index (χ3n) is 3.81. The molecule has 3 rings (SSSR count). The molecule has 0 saturated carbocycles. The summed E-state index contributed by atoms with van der Waals surface area (Å²) in [5, 5.41) is 3.49. The van der Waals surface area contributed by atoms with Gasteiger partial charge in [0.2, 0.25) is 0 Å². The number of hydrogen-bond acceptors (Lipinski definition) is 2. The van der Waals surface area contributed by atoms with Gasteiger partial charge in [0.25, 0.3) is 5.91 Å². The molecule has 1 fully saturated rings. The molecule has 1 saturated heterocycles. The van der Waals surface area contributed by atoms with Crippen molar-refractivity contribution in [3.63, 3.8) is 0 Å². The summed E-state index contributed by atoms with van der Waals surface area (Å²) >= 11 is 15.4. The Morgan fingerprint density at radius 3 is 2.42 bits per heavy atom. The van der Waals surface area contributed by atoms with Crippen molar-refractivity contribution in [3.8, 4) is 0 Å². The first kappa shape index (κ1) is 17.3. The van der Waals surface area contributed by atoms with E-state index in [0.717, 1.165) is 14.9 Å². The van der Waals surface area contributed by atoms with Crippen molar-refractivity contribution in [1.29, 1.82) is 0 Å². The molecule has 0 aromatic heterocycles. The predicted molar refractivity (Wildman–Crippen MR) is 98.7 cm³/mol. The molecule has 3 amide bonds. The summed E-state index contributed by atoms with van der Waals surface area (Å²) in [6.45, 7) is 1.71. The van der Waals surface area contributed by atoms with Crippen LogP contribution in [0.15, 0.2) is 46.9 Å². The molecule has 1 aliphatic heterocycles. The SMILES string of the molecule is C[C@]1(Cc2cccc(Br)c2)NC(=O)N(c2cc(Cl)cc(Cl)c2)C1=O. The minimum atomic E-state index is -1.04. The van der Waals surface area contributed by atoms with Crippen molar-refractivity contribution in [2.45, 2.75) is 18.9 Å². The third kappa shape index (κ3) is 3.29. The number of halogens is 3. The maximum Gasteiger partial charge on any atom is 0.329 e. The number of nitrogens with one attached hydrogen (secondary N) is 1. The van der Waals surface area contributed by atoms with Crippen molar-refractivity contribution in [3.05, 3.63) is 62.5 Å². The Bertz CT molecular complexity index is 823. The minimum Gasteiger partial charge on any atom is -0.323 e. The van der Waals surface area contributed by atoms with E-state index in [1.165, 1.54) is 12.1 Å². The van der Waals surface area contributed by atoms with E-state index in [4.69, 9.17) is 23.2 Å². The first-order chi connectivity index (χ1) is 11.3. The molecule has 1 aliphatic rings. The number of urea groups is 1. The van der Waals surface area contributed by atoms with Gasteiger partial charge in [0.15, 0.2) is 0 Å². The summed E-state index contributed by atoms with van der Waals surface area (Å²) in [4.78, 5) is 26.4. The zero-order chi connectivity index (χ0) is 17.5. The van der Waals surface area contributed by atoms with Crippen LogP contribution in [-0.4, -0.2) is 17.5 Å². The average Bonchev–Trinajstić information content (AvgIpc) is 2.67. The average molecular weight is 428 g/mol. The van der Waals surface area contributed by atoms with Gasteiger partial charge in [-0.2, -0.15) is 0 Å². The van der Waals surface area contributed by atoms with E-state index in [-0.39, 0.29) is 5.91 Å². The first-order valence-corrected chi connectivity index (χ1v) is 8.71. The normalized spacial score (nSPS) is 20.4. The standard InChI is InChI=1S/C17H13BrCl2N2O2/c1-17(9-10-3-2-4-11(18)5-10)15(23)22(16(24)21-17)14-7-12(19)6-13(20)8-14/h2-8H,9H2,1H3,(H,21,24)/t17-/m1/s1. The second-order valence-electron chi connectivity index (χ2n) is 5.84. The Morgan fingerprint density at radius 2 is 1.79 bits per heavy atom. The zero-order valence-corrected chi connectivity index (χ0v) is 15.7. The quantitative estimate of drug-likeness (QED) is 0.714. The highest BCUT2D eigenvalue weighted by Gasteiger charge is 2.48. The van der Waals surface area contributed by atoms with Crippen LogP contribution in [0.25, 0.3) is 0 Å². The number of carbonyl (C=O) groups is 2. The van der Waals surface area contributed by atoms with E-state index in [1.54, 1.807) is 13.0 Å². The van der Waals surface area contributed by atoms with Gasteiger partial charge in [-0.25, -0.2) is 9.69 Å². The Balaban J connectivity index is 1.93. The third-order valence-corrected chi connectivity index (χ3v) is 4.74. The van der Waals surface area contributed by atoms with Gasteiger partial charge in [0.1, 0.15) is 5.54 Å². The summed E-state index contributed by atoms with van der Waals surface area (Å²) in [5.41, 5.74) is 0.256. The van der Waals surface area contributed by atoms with E-state index in [2.05, 4.69) is 21.2 Å². The second-order valence-corrected chi connectivity index (χ2v) is 7.63. The monoisotopic (exact) mass is 426 g/mol. The molecule has 7 heteroatoms. The van der Waals surface area contributed by atoms with Crippen molar-refractivity contribution in [1.82, 2.24) is 5.32 Å². The highest BCUT2D eigenvalue weighted by Crippen LogP contribution is 2.31. The molecule has 1 heterocycles. The van der Waals surface area contributed by atoms with E-state index in [9.17, 15) is 9.59 Å². The lowest BCUT2D eigenvalue weighted by Crippen LogP contribution is -2.46. The summed E-state index contributed by atoms with van der Waals surface area (Å²) in [6, 6.07) is 11.8. The molecule has 0 spiro atoms. The lowest BCUT2D eigenvalue weighted by atomic mass is 9.93. The topological polar surface area (TPSA) is 49.4 Å². The number of benzene rings is 2. The van der Waals surface area contributed by atoms with Crippen LogP contribution in [0.1, 0.15) is 12.5 Å². The highest BCUT2D eigenvalue weighted by atomic mass is 79.9. The summed E-state index contributed by atoms with van der Waals surface area (Å²) in [6.07, 6.45) is 0.377. The van der Waals surface area contributed by atoms with Gasteiger partial charge in [-0.1, -0.05) is 51.3 Å². The van der Waals surface area contributed by atoms with Crippen LogP contribution in [0.5, 0.6) is 0 Å². The van der Waals surface area contributed by atoms with Crippen LogP contribution >= 0.6 is 39.1 Å². The van der Waals surface area contributed by atoms with Crippen molar-refractivity contribution >= 4 is 56.8 Å². The summed E-state index contributed by atoms with van der Waals surface area (Å²) < 4.78 is 0.916. The smallest absolute Gasteiger partial charge is 0.323 e. The van der Waals surface area contributed by atoms with Gasteiger partial charge < -0.3 is 5.32 Å². The van der Waals surface area contributed by atoms with Crippen molar-refractivity contribution < 1.29 is 9.59 Å². The Kier molecular flexibility index (Phi) is 4.60. The van der Waals surface area contributed by atoms with E-state index < -0.39 is 11.6 Å². The van der Waals surface area contributed by atoms with Crippen molar-refractivity contribution in [2.75, 3.05) is 4.90 Å². The summed E-state index contributed by atoms with van der Waals surface area (Å²) in [7, 11) is 0. The Morgan fingerprint density at radius 1 is 1.12 bits per heavy atom. The van der Waals surface area contributed by atoms with Crippen LogP contribution in [0.2, 0.25) is 10.0 Å². The molecule has 0 bridgehead atoms. The fourth-order valence-corrected chi connectivity index (χ4v) is 3.72. The fourth-order valence-electron chi connectivity index (χ4n) is 2.76. The minimum absolute atomic E-state index is 0.342. The molecule has 1 N–H and O–H groups in total. The van der Waals surface area contributed by atoms with E-state index in [0.29, 0.717) is 22.2 Å². The number of amides is 3. The van der Waals surface area contributed by atoms with Gasteiger partial charge >= 0.3 is 6.03 Å².